The number of hydrogen-bond donors (Lipinski definition) is 6. The molecule has 1 aromatic heterocycles. The van der Waals surface area contributed by atoms with E-state index in [0.29, 0.717) is 51.2 Å². The van der Waals surface area contributed by atoms with Crippen LogP contribution in [0.2, 0.25) is 0 Å². The van der Waals surface area contributed by atoms with E-state index in [-0.39, 0.29) is 12.3 Å². The lowest BCUT2D eigenvalue weighted by atomic mass is 9.79. The first-order chi connectivity index (χ1) is 33.3. The summed E-state index contributed by atoms with van der Waals surface area (Å²) in [5.41, 5.74) is 28.4. The van der Waals surface area contributed by atoms with Crippen LogP contribution in [-0.4, -0.2) is 41.3 Å². The van der Waals surface area contributed by atoms with Crippen molar-refractivity contribution in [2.75, 3.05) is 25.0 Å². The number of carbonyl (C=O) groups is 2. The number of anilines is 1. The average Bonchev–Trinajstić information content (AvgIpc) is 3.71. The van der Waals surface area contributed by atoms with Gasteiger partial charge in [-0.15, -0.1) is 0 Å². The molecule has 0 bridgehead atoms. The van der Waals surface area contributed by atoms with Crippen LogP contribution in [-0.2, 0) is 42.6 Å². The molecule has 0 fully saturated rings. The van der Waals surface area contributed by atoms with Crippen LogP contribution in [0.25, 0.3) is 0 Å². The van der Waals surface area contributed by atoms with Gasteiger partial charge >= 0.3 is 0 Å². The molecule has 10 nitrogen and oxygen atoms in total. The molecule has 5 rings (SSSR count). The predicted molar refractivity (Wildman–Crippen MR) is 279 cm³/mol. The van der Waals surface area contributed by atoms with E-state index in [1.807, 2.05) is 60.7 Å². The monoisotopic (exact) mass is 927 g/mol. The van der Waals surface area contributed by atoms with E-state index in [1.165, 1.54) is 38.5 Å². The smallest absolute Gasteiger partial charge is 0.272 e. The first kappa shape index (κ1) is 53.7. The van der Waals surface area contributed by atoms with Crippen molar-refractivity contribution in [3.05, 3.63) is 154 Å². The van der Waals surface area contributed by atoms with Crippen LogP contribution in [0.3, 0.4) is 0 Å². The summed E-state index contributed by atoms with van der Waals surface area (Å²) >= 11 is 0. The maximum absolute atomic E-state index is 15.0. The lowest BCUT2D eigenvalue weighted by Crippen LogP contribution is -2.38. The number of nitrogens with two attached hydrogens (primary N) is 3. The summed E-state index contributed by atoms with van der Waals surface area (Å²) < 4.78 is 8.88. The molecule has 0 unspecified atom stereocenters. The van der Waals surface area contributed by atoms with Crippen molar-refractivity contribution in [3.8, 4) is 5.75 Å². The van der Waals surface area contributed by atoms with Crippen LogP contribution < -0.4 is 32.7 Å². The fraction of sp³-hybridized carbons (Fsp3) is 0.483. The third-order valence-electron chi connectivity index (χ3n) is 13.3. The predicted octanol–water partition coefficient (Wildman–Crippen LogP) is 11.7. The second-order valence-electron chi connectivity index (χ2n) is 18.6. The number of hydroxylamine groups is 1. The van der Waals surface area contributed by atoms with E-state index in [9.17, 15) is 10.0 Å². The molecule has 0 aliphatic heterocycles. The highest BCUT2D eigenvalue weighted by Crippen LogP contribution is 2.35. The Morgan fingerprint density at radius 1 is 0.618 bits per heavy atom. The number of unbranched alkanes of at least 4 members (excludes halogenated alkanes) is 13. The van der Waals surface area contributed by atoms with Gasteiger partial charge in [-0.25, -0.2) is 5.48 Å². The molecule has 0 radical (unpaired) electrons. The average molecular weight is 927 g/mol. The minimum atomic E-state index is -0.841. The van der Waals surface area contributed by atoms with E-state index >= 15 is 4.79 Å². The maximum Gasteiger partial charge on any atom is 0.272 e. The third kappa shape index (κ3) is 17.1. The number of nitrogens with one attached hydrogen (secondary N) is 2. The Labute approximate surface area is 407 Å². The van der Waals surface area contributed by atoms with E-state index in [2.05, 4.69) is 65.3 Å². The zero-order valence-electron chi connectivity index (χ0n) is 41.1. The highest BCUT2D eigenvalue weighted by Gasteiger charge is 2.31. The number of hydrogen-bond acceptors (Lipinski definition) is 7. The summed E-state index contributed by atoms with van der Waals surface area (Å²) in [6, 6.07) is 36.6. The van der Waals surface area contributed by atoms with Gasteiger partial charge in [0.25, 0.3) is 5.91 Å². The number of benzene rings is 4. The highest BCUT2D eigenvalue weighted by atomic mass is 16.5. The molecular weight excluding hydrogens is 845 g/mol. The summed E-state index contributed by atoms with van der Waals surface area (Å²) in [6.07, 6.45) is 21.3. The molecule has 0 atom stereocenters. The molecule has 1 heterocycles. The Morgan fingerprint density at radius 3 is 1.68 bits per heavy atom. The third-order valence-corrected chi connectivity index (χ3v) is 13.3. The summed E-state index contributed by atoms with van der Waals surface area (Å²) in [6.45, 7) is 4.76. The van der Waals surface area contributed by atoms with Gasteiger partial charge in [0, 0.05) is 24.3 Å². The van der Waals surface area contributed by atoms with Crippen molar-refractivity contribution in [1.82, 2.24) is 10.0 Å². The highest BCUT2D eigenvalue weighted by molar-refractivity contribution is 6.03. The lowest BCUT2D eigenvalue weighted by Gasteiger charge is -2.31. The van der Waals surface area contributed by atoms with Gasteiger partial charge < -0.3 is 31.8 Å². The van der Waals surface area contributed by atoms with Gasteiger partial charge in [0.05, 0.1) is 12.1 Å². The van der Waals surface area contributed by atoms with Crippen LogP contribution in [0.1, 0.15) is 172 Å². The summed E-state index contributed by atoms with van der Waals surface area (Å²) in [7, 11) is 0. The lowest BCUT2D eigenvalue weighted by molar-refractivity contribution is -0.129. The molecule has 2 amide bonds. The van der Waals surface area contributed by atoms with Crippen molar-refractivity contribution < 1.29 is 19.5 Å². The summed E-state index contributed by atoms with van der Waals surface area (Å²) in [5, 5.41) is 12.9. The summed E-state index contributed by atoms with van der Waals surface area (Å²) in [4.78, 5) is 27.6. The van der Waals surface area contributed by atoms with Crippen LogP contribution in [0.15, 0.2) is 109 Å². The van der Waals surface area contributed by atoms with Crippen LogP contribution in [0.4, 0.5) is 5.69 Å². The first-order valence-corrected chi connectivity index (χ1v) is 25.9. The standard InChI is InChI=1S/C58H82N6O4/c1-2-3-4-5-6-7-12-26-41-68-56-48(29-18-8-10-24-39-59)42-52(43-49(56)30-19-9-11-25-40-60)62-57(66)54-44-47(35-36-55(65)63-67)53(64(54)45-46-27-16-13-17-28-46)37-38-58(61,50-31-20-14-21-32-50)51-33-22-15-23-34-51/h13-17,20-23,27-28,31-34,42-44,67H,2-12,18-19,24-26,29-30,35-41,45,59-61H2,1H3,(H,62,66)(H,63,65). The Morgan fingerprint density at radius 2 is 1.13 bits per heavy atom. The molecule has 9 N–H and O–H groups in total. The van der Waals surface area contributed by atoms with Gasteiger partial charge in [-0.1, -0.05) is 169 Å². The van der Waals surface area contributed by atoms with Gasteiger partial charge in [0.15, 0.2) is 0 Å². The van der Waals surface area contributed by atoms with Crippen molar-refractivity contribution >= 4 is 17.5 Å². The largest absolute Gasteiger partial charge is 0.493 e. The van der Waals surface area contributed by atoms with E-state index < -0.39 is 11.4 Å². The molecule has 10 heteroatoms. The minimum Gasteiger partial charge on any atom is -0.493 e. The Kier molecular flexibility index (Phi) is 23.9. The molecule has 5 aromatic rings. The molecular formula is C58H82N6O4. The molecule has 0 aliphatic carbocycles. The summed E-state index contributed by atoms with van der Waals surface area (Å²) in [5.74, 6) is 0.251. The molecule has 0 spiro atoms. The number of carbonyl (C=O) groups excluding carboxylic acids is 2. The molecule has 4 aromatic carbocycles. The number of amides is 2. The molecule has 0 aliphatic rings. The molecule has 368 valence electrons. The second kappa shape index (κ2) is 30.3. The number of nitrogens with zero attached hydrogens (tertiary/aromatic N) is 1. The number of aromatic nitrogens is 1. The Balaban J connectivity index is 1.52. The fourth-order valence-electron chi connectivity index (χ4n) is 9.45. The van der Waals surface area contributed by atoms with E-state index in [1.54, 1.807) is 5.48 Å². The van der Waals surface area contributed by atoms with Gasteiger partial charge in [-0.2, -0.15) is 0 Å². The molecule has 68 heavy (non-hydrogen) atoms. The maximum atomic E-state index is 15.0. The number of aryl methyl sites for hydroxylation is 3. The van der Waals surface area contributed by atoms with Crippen molar-refractivity contribution in [3.63, 3.8) is 0 Å². The Hall–Kier alpha value is -5.26. The van der Waals surface area contributed by atoms with Crippen molar-refractivity contribution in [2.45, 2.75) is 160 Å². The van der Waals surface area contributed by atoms with Crippen LogP contribution in [0, 0.1) is 0 Å². The van der Waals surface area contributed by atoms with E-state index in [0.717, 1.165) is 128 Å². The second-order valence-corrected chi connectivity index (χ2v) is 18.6. The quantitative estimate of drug-likeness (QED) is 0.0135. The van der Waals surface area contributed by atoms with Crippen molar-refractivity contribution in [2.24, 2.45) is 17.2 Å². The normalized spacial score (nSPS) is 11.5. The van der Waals surface area contributed by atoms with Gasteiger partial charge in [-0.3, -0.25) is 14.8 Å². The minimum absolute atomic E-state index is 0.0503. The van der Waals surface area contributed by atoms with Gasteiger partial charge in [0.1, 0.15) is 11.4 Å². The molecule has 0 saturated carbocycles. The Bertz CT molecular complexity index is 2120. The van der Waals surface area contributed by atoms with Gasteiger partial charge in [-0.05, 0) is 129 Å². The van der Waals surface area contributed by atoms with E-state index in [4.69, 9.17) is 21.9 Å². The SMILES string of the molecule is CCCCCCCCCCOc1c(CCCCCCN)cc(NC(=O)c2cc(CCC(=O)NO)c(CCC(N)(c3ccccc3)c3ccccc3)n2Cc2ccccc2)cc1CCCCCCN. The topological polar surface area (TPSA) is 171 Å². The zero-order valence-corrected chi connectivity index (χ0v) is 41.1. The molecule has 0 saturated heterocycles. The number of rotatable bonds is 34. The van der Waals surface area contributed by atoms with Crippen LogP contribution >= 0.6 is 0 Å². The van der Waals surface area contributed by atoms with Gasteiger partial charge in [0.2, 0.25) is 5.91 Å². The fourth-order valence-corrected chi connectivity index (χ4v) is 9.45. The zero-order chi connectivity index (χ0) is 48.2. The van der Waals surface area contributed by atoms with Crippen LogP contribution in [0.5, 0.6) is 5.75 Å². The number of ether oxygens (including phenoxy) is 1. The first-order valence-electron chi connectivity index (χ1n) is 25.9. The van der Waals surface area contributed by atoms with Crippen molar-refractivity contribution in [1.29, 1.82) is 0 Å².